The van der Waals surface area contributed by atoms with Gasteiger partial charge in [0.25, 0.3) is 5.91 Å². The summed E-state index contributed by atoms with van der Waals surface area (Å²) in [6.07, 6.45) is 4.62. The highest BCUT2D eigenvalue weighted by molar-refractivity contribution is 5.98. The Hall–Kier alpha value is -1.66. The highest BCUT2D eigenvalue weighted by atomic mass is 16.5. The zero-order chi connectivity index (χ0) is 16.9. The minimum atomic E-state index is -0.0284. The van der Waals surface area contributed by atoms with Crippen LogP contribution in [0.4, 0.5) is 5.82 Å². The minimum absolute atomic E-state index is 0.0284. The van der Waals surface area contributed by atoms with E-state index in [4.69, 9.17) is 4.74 Å². The third kappa shape index (κ3) is 4.24. The molecule has 0 unspecified atom stereocenters. The molecule has 2 fully saturated rings. The Balaban J connectivity index is 1.54. The fourth-order valence-electron chi connectivity index (χ4n) is 3.64. The highest BCUT2D eigenvalue weighted by Crippen LogP contribution is 2.21. The molecule has 1 aromatic rings. The smallest absolute Gasteiger partial charge is 0.255 e. The van der Waals surface area contributed by atoms with Crippen LogP contribution in [-0.4, -0.2) is 67.3 Å². The standard InChI is InChI=1S/C18H28N4O2/c1-14-12-21(13-15(2)24-14)11-8-20-18(23)16-6-5-7-19-17(16)22-9-3-4-10-22/h5-7,14-15H,3-4,8-13H2,1-2H3,(H,20,23)/t14-,15+. The van der Waals surface area contributed by atoms with Crippen molar-refractivity contribution in [1.29, 1.82) is 0 Å². The first-order chi connectivity index (χ1) is 11.6. The minimum Gasteiger partial charge on any atom is -0.373 e. The van der Waals surface area contributed by atoms with Crippen LogP contribution in [0.3, 0.4) is 0 Å². The molecule has 132 valence electrons. The molecule has 0 aliphatic carbocycles. The van der Waals surface area contributed by atoms with Crippen molar-refractivity contribution in [2.75, 3.05) is 44.2 Å². The summed E-state index contributed by atoms with van der Waals surface area (Å²) in [6.45, 7) is 9.51. The lowest BCUT2D eigenvalue weighted by molar-refractivity contribution is -0.0672. The SMILES string of the molecule is C[C@@H]1CN(CCNC(=O)c2cccnc2N2CCCC2)C[C@H](C)O1. The molecule has 6 nitrogen and oxygen atoms in total. The molecule has 2 saturated heterocycles. The Morgan fingerprint density at radius 3 is 2.71 bits per heavy atom. The summed E-state index contributed by atoms with van der Waals surface area (Å²) >= 11 is 0. The molecule has 0 saturated carbocycles. The van der Waals surface area contributed by atoms with Gasteiger partial charge in [-0.15, -0.1) is 0 Å². The van der Waals surface area contributed by atoms with Crippen LogP contribution in [-0.2, 0) is 4.74 Å². The topological polar surface area (TPSA) is 57.7 Å². The molecule has 0 aromatic carbocycles. The van der Waals surface area contributed by atoms with Crippen LogP contribution >= 0.6 is 0 Å². The van der Waals surface area contributed by atoms with Crippen LogP contribution in [0.25, 0.3) is 0 Å². The number of rotatable bonds is 5. The summed E-state index contributed by atoms with van der Waals surface area (Å²) in [5.41, 5.74) is 0.683. The summed E-state index contributed by atoms with van der Waals surface area (Å²) in [4.78, 5) is 21.6. The summed E-state index contributed by atoms with van der Waals surface area (Å²) in [5, 5.41) is 3.05. The number of amides is 1. The number of hydrogen-bond donors (Lipinski definition) is 1. The Kier molecular flexibility index (Phi) is 5.68. The van der Waals surface area contributed by atoms with Gasteiger partial charge in [0, 0.05) is 45.5 Å². The van der Waals surface area contributed by atoms with Gasteiger partial charge in [0.1, 0.15) is 5.82 Å². The molecule has 0 bridgehead atoms. The normalized spacial score (nSPS) is 25.0. The van der Waals surface area contributed by atoms with Crippen LogP contribution < -0.4 is 10.2 Å². The number of ether oxygens (including phenoxy) is 1. The van der Waals surface area contributed by atoms with Gasteiger partial charge in [0.2, 0.25) is 0 Å². The predicted molar refractivity (Wildman–Crippen MR) is 94.5 cm³/mol. The van der Waals surface area contributed by atoms with Crippen molar-refractivity contribution < 1.29 is 9.53 Å². The van der Waals surface area contributed by atoms with Crippen molar-refractivity contribution in [2.45, 2.75) is 38.9 Å². The summed E-state index contributed by atoms with van der Waals surface area (Å²) < 4.78 is 5.74. The first-order valence-corrected chi connectivity index (χ1v) is 8.99. The molecule has 1 aromatic heterocycles. The largest absolute Gasteiger partial charge is 0.373 e. The highest BCUT2D eigenvalue weighted by Gasteiger charge is 2.23. The second kappa shape index (κ2) is 7.94. The molecule has 3 rings (SSSR count). The van der Waals surface area contributed by atoms with E-state index in [1.165, 1.54) is 12.8 Å². The third-order valence-corrected chi connectivity index (χ3v) is 4.65. The van der Waals surface area contributed by atoms with E-state index in [-0.39, 0.29) is 18.1 Å². The first kappa shape index (κ1) is 17.2. The Bertz CT molecular complexity index is 550. The van der Waals surface area contributed by atoms with Crippen molar-refractivity contribution in [3.63, 3.8) is 0 Å². The Morgan fingerprint density at radius 2 is 2.00 bits per heavy atom. The number of morpholine rings is 1. The number of carbonyl (C=O) groups excluding carboxylic acids is 1. The Labute approximate surface area is 144 Å². The molecule has 24 heavy (non-hydrogen) atoms. The van der Waals surface area contributed by atoms with E-state index in [1.54, 1.807) is 6.20 Å². The number of anilines is 1. The fourth-order valence-corrected chi connectivity index (χ4v) is 3.64. The van der Waals surface area contributed by atoms with E-state index < -0.39 is 0 Å². The molecule has 2 atom stereocenters. The van der Waals surface area contributed by atoms with Crippen molar-refractivity contribution >= 4 is 11.7 Å². The maximum Gasteiger partial charge on any atom is 0.255 e. The van der Waals surface area contributed by atoms with Gasteiger partial charge in [-0.05, 0) is 38.8 Å². The van der Waals surface area contributed by atoms with Crippen LogP contribution in [0, 0.1) is 0 Å². The molecule has 3 heterocycles. The molecule has 1 N–H and O–H groups in total. The average Bonchev–Trinajstić information content (AvgIpc) is 3.08. The van der Waals surface area contributed by atoms with Gasteiger partial charge in [-0.1, -0.05) is 0 Å². The van der Waals surface area contributed by atoms with Gasteiger partial charge in [-0.2, -0.15) is 0 Å². The van der Waals surface area contributed by atoms with E-state index in [9.17, 15) is 4.79 Å². The fraction of sp³-hybridized carbons (Fsp3) is 0.667. The van der Waals surface area contributed by atoms with Gasteiger partial charge in [-0.3, -0.25) is 9.69 Å². The zero-order valence-electron chi connectivity index (χ0n) is 14.7. The monoisotopic (exact) mass is 332 g/mol. The maximum absolute atomic E-state index is 12.6. The molecule has 6 heteroatoms. The molecule has 0 radical (unpaired) electrons. The average molecular weight is 332 g/mol. The van der Waals surface area contributed by atoms with E-state index in [0.29, 0.717) is 12.1 Å². The molecular formula is C18H28N4O2. The van der Waals surface area contributed by atoms with Crippen LogP contribution in [0.5, 0.6) is 0 Å². The molecule has 0 spiro atoms. The Morgan fingerprint density at radius 1 is 1.29 bits per heavy atom. The summed E-state index contributed by atoms with van der Waals surface area (Å²) in [5.74, 6) is 0.792. The zero-order valence-corrected chi connectivity index (χ0v) is 14.7. The quantitative estimate of drug-likeness (QED) is 0.886. The van der Waals surface area contributed by atoms with Crippen LogP contribution in [0.1, 0.15) is 37.0 Å². The molecule has 1 amide bonds. The molecule has 2 aliphatic rings. The van der Waals surface area contributed by atoms with E-state index in [2.05, 4.69) is 33.9 Å². The summed E-state index contributed by atoms with van der Waals surface area (Å²) in [7, 11) is 0. The number of hydrogen-bond acceptors (Lipinski definition) is 5. The number of nitrogens with zero attached hydrogens (tertiary/aromatic N) is 3. The van der Waals surface area contributed by atoms with Crippen molar-refractivity contribution in [3.05, 3.63) is 23.9 Å². The molecular weight excluding hydrogens is 304 g/mol. The van der Waals surface area contributed by atoms with Gasteiger partial charge < -0.3 is 15.0 Å². The van der Waals surface area contributed by atoms with Gasteiger partial charge in [-0.25, -0.2) is 4.98 Å². The first-order valence-electron chi connectivity index (χ1n) is 8.99. The van der Waals surface area contributed by atoms with Crippen molar-refractivity contribution in [1.82, 2.24) is 15.2 Å². The van der Waals surface area contributed by atoms with E-state index in [0.717, 1.165) is 38.5 Å². The van der Waals surface area contributed by atoms with Crippen LogP contribution in [0.15, 0.2) is 18.3 Å². The number of nitrogens with one attached hydrogen (secondary N) is 1. The van der Waals surface area contributed by atoms with Crippen LogP contribution in [0.2, 0.25) is 0 Å². The maximum atomic E-state index is 12.6. The number of pyridine rings is 1. The van der Waals surface area contributed by atoms with Gasteiger partial charge in [0.15, 0.2) is 0 Å². The lowest BCUT2D eigenvalue weighted by atomic mass is 10.2. The second-order valence-corrected chi connectivity index (χ2v) is 6.84. The summed E-state index contributed by atoms with van der Waals surface area (Å²) in [6, 6.07) is 3.70. The van der Waals surface area contributed by atoms with Crippen molar-refractivity contribution in [2.24, 2.45) is 0 Å². The number of carbonyl (C=O) groups is 1. The number of aromatic nitrogens is 1. The molecule has 2 aliphatic heterocycles. The van der Waals surface area contributed by atoms with Gasteiger partial charge in [0.05, 0.1) is 17.8 Å². The van der Waals surface area contributed by atoms with E-state index in [1.807, 2.05) is 12.1 Å². The second-order valence-electron chi connectivity index (χ2n) is 6.84. The predicted octanol–water partition coefficient (Wildman–Crippen LogP) is 1.52. The third-order valence-electron chi connectivity index (χ3n) is 4.65. The van der Waals surface area contributed by atoms with E-state index >= 15 is 0 Å². The van der Waals surface area contributed by atoms with Gasteiger partial charge >= 0.3 is 0 Å². The lowest BCUT2D eigenvalue weighted by Gasteiger charge is -2.35. The van der Waals surface area contributed by atoms with Crippen molar-refractivity contribution in [3.8, 4) is 0 Å². The lowest BCUT2D eigenvalue weighted by Crippen LogP contribution is -2.47.